The lowest BCUT2D eigenvalue weighted by Crippen LogP contribution is -2.48. The van der Waals surface area contributed by atoms with Crippen molar-refractivity contribution < 1.29 is 13.2 Å². The molecule has 9 heteroatoms. The number of amides is 1. The van der Waals surface area contributed by atoms with Crippen molar-refractivity contribution in [2.75, 3.05) is 22.9 Å². The standard InChI is InChI=1S/C21H26Cl2N2O3S2/c1-14-5-6-15(2)20(11-14)25(30(4,27)28)16(3)21(26)24-9-10-29-13-17-7-8-18(22)19(23)12-17/h5-8,11-12,16H,9-10,13H2,1-4H3,(H,24,26)/t16-/m1/s1. The van der Waals surface area contributed by atoms with E-state index in [0.717, 1.165) is 28.7 Å². The third kappa shape index (κ3) is 6.80. The van der Waals surface area contributed by atoms with Gasteiger partial charge in [-0.05, 0) is 55.7 Å². The number of hydrogen-bond acceptors (Lipinski definition) is 4. The molecule has 0 aliphatic rings. The number of carbonyl (C=O) groups is 1. The summed E-state index contributed by atoms with van der Waals surface area (Å²) in [6.07, 6.45) is 1.12. The highest BCUT2D eigenvalue weighted by Gasteiger charge is 2.30. The van der Waals surface area contributed by atoms with Gasteiger partial charge >= 0.3 is 0 Å². The van der Waals surface area contributed by atoms with E-state index in [1.54, 1.807) is 30.8 Å². The van der Waals surface area contributed by atoms with Gasteiger partial charge in [0.15, 0.2) is 0 Å². The van der Waals surface area contributed by atoms with E-state index in [1.807, 2.05) is 38.1 Å². The number of aryl methyl sites for hydroxylation is 2. The Morgan fingerprint density at radius 1 is 1.13 bits per heavy atom. The molecule has 0 aromatic heterocycles. The fourth-order valence-corrected chi connectivity index (χ4v) is 5.30. The Labute approximate surface area is 193 Å². The van der Waals surface area contributed by atoms with Crippen LogP contribution in [0.1, 0.15) is 23.6 Å². The highest BCUT2D eigenvalue weighted by atomic mass is 35.5. The van der Waals surface area contributed by atoms with E-state index in [-0.39, 0.29) is 5.91 Å². The molecule has 1 amide bonds. The molecule has 0 fully saturated rings. The van der Waals surface area contributed by atoms with Gasteiger partial charge in [0.2, 0.25) is 15.9 Å². The van der Waals surface area contributed by atoms with Crippen LogP contribution in [0.3, 0.4) is 0 Å². The van der Waals surface area contributed by atoms with E-state index in [9.17, 15) is 13.2 Å². The lowest BCUT2D eigenvalue weighted by Gasteiger charge is -2.29. The molecule has 164 valence electrons. The van der Waals surface area contributed by atoms with Gasteiger partial charge in [-0.2, -0.15) is 11.8 Å². The van der Waals surface area contributed by atoms with Crippen LogP contribution in [-0.4, -0.2) is 38.9 Å². The van der Waals surface area contributed by atoms with Gasteiger partial charge in [0.25, 0.3) is 0 Å². The van der Waals surface area contributed by atoms with Crippen molar-refractivity contribution >= 4 is 56.6 Å². The first-order valence-corrected chi connectivity index (χ1v) is 13.1. The number of hydrogen-bond donors (Lipinski definition) is 1. The molecule has 0 heterocycles. The van der Waals surface area contributed by atoms with Crippen LogP contribution in [0.5, 0.6) is 0 Å². The van der Waals surface area contributed by atoms with Crippen LogP contribution in [0.25, 0.3) is 0 Å². The summed E-state index contributed by atoms with van der Waals surface area (Å²) in [5.74, 6) is 1.08. The Kier molecular flexibility index (Phi) is 8.91. The fraction of sp³-hybridized carbons (Fsp3) is 0.381. The largest absolute Gasteiger partial charge is 0.353 e. The summed E-state index contributed by atoms with van der Waals surface area (Å²) >= 11 is 13.6. The third-order valence-corrected chi connectivity index (χ3v) is 7.49. The van der Waals surface area contributed by atoms with Crippen LogP contribution in [0.15, 0.2) is 36.4 Å². The molecule has 0 aliphatic heterocycles. The van der Waals surface area contributed by atoms with E-state index >= 15 is 0 Å². The lowest BCUT2D eigenvalue weighted by molar-refractivity contribution is -0.121. The van der Waals surface area contributed by atoms with Gasteiger partial charge in [0.05, 0.1) is 22.0 Å². The van der Waals surface area contributed by atoms with Crippen molar-refractivity contribution in [2.24, 2.45) is 0 Å². The smallest absolute Gasteiger partial charge is 0.243 e. The molecule has 5 nitrogen and oxygen atoms in total. The normalized spacial score (nSPS) is 12.5. The van der Waals surface area contributed by atoms with Crippen LogP contribution in [0, 0.1) is 13.8 Å². The topological polar surface area (TPSA) is 66.5 Å². The molecule has 0 aliphatic carbocycles. The van der Waals surface area contributed by atoms with E-state index in [1.165, 1.54) is 4.31 Å². The van der Waals surface area contributed by atoms with Crippen LogP contribution >= 0.6 is 35.0 Å². The first-order chi connectivity index (χ1) is 14.0. The van der Waals surface area contributed by atoms with Gasteiger partial charge in [-0.25, -0.2) is 8.42 Å². The zero-order chi connectivity index (χ0) is 22.5. The molecule has 30 heavy (non-hydrogen) atoms. The summed E-state index contributed by atoms with van der Waals surface area (Å²) < 4.78 is 26.1. The summed E-state index contributed by atoms with van der Waals surface area (Å²) in [7, 11) is -3.64. The predicted molar refractivity (Wildman–Crippen MR) is 128 cm³/mol. The Bertz CT molecular complexity index is 1010. The number of benzene rings is 2. The number of anilines is 1. The van der Waals surface area contributed by atoms with Crippen molar-refractivity contribution in [1.82, 2.24) is 5.32 Å². The third-order valence-electron chi connectivity index (χ3n) is 4.49. The average Bonchev–Trinajstić information content (AvgIpc) is 2.66. The molecule has 0 unspecified atom stereocenters. The van der Waals surface area contributed by atoms with E-state index < -0.39 is 16.1 Å². The minimum atomic E-state index is -3.64. The Morgan fingerprint density at radius 2 is 1.83 bits per heavy atom. The first-order valence-electron chi connectivity index (χ1n) is 9.36. The number of halogens is 2. The predicted octanol–water partition coefficient (Wildman–Crippen LogP) is 4.81. The maximum Gasteiger partial charge on any atom is 0.243 e. The number of sulfonamides is 1. The number of thioether (sulfide) groups is 1. The van der Waals surface area contributed by atoms with Crippen molar-refractivity contribution in [3.05, 3.63) is 63.1 Å². The lowest BCUT2D eigenvalue weighted by atomic mass is 10.1. The molecule has 0 saturated carbocycles. The van der Waals surface area contributed by atoms with Gasteiger partial charge in [-0.1, -0.05) is 41.4 Å². The molecule has 1 N–H and O–H groups in total. The van der Waals surface area contributed by atoms with Crippen molar-refractivity contribution in [3.8, 4) is 0 Å². The Morgan fingerprint density at radius 3 is 2.47 bits per heavy atom. The maximum absolute atomic E-state index is 12.7. The fourth-order valence-electron chi connectivity index (χ4n) is 2.95. The van der Waals surface area contributed by atoms with E-state index in [2.05, 4.69) is 5.32 Å². The highest BCUT2D eigenvalue weighted by Crippen LogP contribution is 2.27. The van der Waals surface area contributed by atoms with Crippen LogP contribution in [-0.2, 0) is 20.6 Å². The molecule has 2 rings (SSSR count). The first kappa shape index (κ1) is 24.9. The quantitative estimate of drug-likeness (QED) is 0.514. The summed E-state index contributed by atoms with van der Waals surface area (Å²) in [6, 6.07) is 10.2. The summed E-state index contributed by atoms with van der Waals surface area (Å²) in [5.41, 5.74) is 3.29. The average molecular weight is 489 g/mol. The number of nitrogens with zero attached hydrogens (tertiary/aromatic N) is 1. The van der Waals surface area contributed by atoms with E-state index in [0.29, 0.717) is 28.0 Å². The molecule has 1 atom stereocenters. The number of rotatable bonds is 9. The van der Waals surface area contributed by atoms with Crippen LogP contribution in [0.2, 0.25) is 10.0 Å². The molecular formula is C21H26Cl2N2O3S2. The van der Waals surface area contributed by atoms with Crippen LogP contribution < -0.4 is 9.62 Å². The molecule has 2 aromatic carbocycles. The zero-order valence-electron chi connectivity index (χ0n) is 17.4. The molecule has 0 radical (unpaired) electrons. The summed E-state index contributed by atoms with van der Waals surface area (Å²) in [6.45, 7) is 5.75. The second kappa shape index (κ2) is 10.8. The van der Waals surface area contributed by atoms with Gasteiger partial charge < -0.3 is 5.32 Å². The molecule has 0 bridgehead atoms. The number of carbonyl (C=O) groups excluding carboxylic acids is 1. The zero-order valence-corrected chi connectivity index (χ0v) is 20.6. The van der Waals surface area contributed by atoms with Crippen molar-refractivity contribution in [3.63, 3.8) is 0 Å². The highest BCUT2D eigenvalue weighted by molar-refractivity contribution is 7.98. The molecular weight excluding hydrogens is 463 g/mol. The van der Waals surface area contributed by atoms with Gasteiger partial charge in [0.1, 0.15) is 6.04 Å². The minimum Gasteiger partial charge on any atom is -0.353 e. The summed E-state index contributed by atoms with van der Waals surface area (Å²) in [4.78, 5) is 12.7. The van der Waals surface area contributed by atoms with Gasteiger partial charge in [0, 0.05) is 18.1 Å². The second-order valence-electron chi connectivity index (χ2n) is 7.12. The summed E-state index contributed by atoms with van der Waals surface area (Å²) in [5, 5.41) is 3.87. The monoisotopic (exact) mass is 488 g/mol. The molecule has 0 saturated heterocycles. The van der Waals surface area contributed by atoms with Gasteiger partial charge in [-0.15, -0.1) is 0 Å². The minimum absolute atomic E-state index is 0.337. The molecule has 2 aromatic rings. The van der Waals surface area contributed by atoms with Crippen molar-refractivity contribution in [2.45, 2.75) is 32.6 Å². The second-order valence-corrected chi connectivity index (χ2v) is 10.9. The molecule has 0 spiro atoms. The Hall–Kier alpha value is -1.41. The number of nitrogens with one attached hydrogen (secondary N) is 1. The van der Waals surface area contributed by atoms with E-state index in [4.69, 9.17) is 23.2 Å². The van der Waals surface area contributed by atoms with Crippen LogP contribution in [0.4, 0.5) is 5.69 Å². The SMILES string of the molecule is Cc1ccc(C)c(N([C@H](C)C(=O)NCCSCc2ccc(Cl)c(Cl)c2)S(C)(=O)=O)c1. The van der Waals surface area contributed by atoms with Crippen molar-refractivity contribution in [1.29, 1.82) is 0 Å². The maximum atomic E-state index is 12.7. The van der Waals surface area contributed by atoms with Gasteiger partial charge in [-0.3, -0.25) is 9.10 Å². The Balaban J connectivity index is 1.95.